The van der Waals surface area contributed by atoms with Crippen LogP contribution in [0, 0.1) is 5.41 Å². The van der Waals surface area contributed by atoms with Gasteiger partial charge in [-0.25, -0.2) is 0 Å². The van der Waals surface area contributed by atoms with Crippen LogP contribution in [-0.2, 0) is 11.3 Å². The number of hydrogen-bond donors (Lipinski definition) is 1. The second kappa shape index (κ2) is 7.09. The van der Waals surface area contributed by atoms with Gasteiger partial charge < -0.3 is 14.8 Å². The number of rotatable bonds is 7. The third kappa shape index (κ3) is 6.92. The predicted octanol–water partition coefficient (Wildman–Crippen LogP) is 3.63. The molecule has 0 fully saturated rings. The van der Waals surface area contributed by atoms with Crippen LogP contribution in [0.2, 0.25) is 0 Å². The second-order valence-electron chi connectivity index (χ2n) is 7.11. The average Bonchev–Trinajstić information content (AvgIpc) is 2.37. The van der Waals surface area contributed by atoms with Crippen molar-refractivity contribution in [3.05, 3.63) is 29.8 Å². The van der Waals surface area contributed by atoms with Gasteiger partial charge in [-0.3, -0.25) is 0 Å². The van der Waals surface area contributed by atoms with Crippen LogP contribution < -0.4 is 10.1 Å². The third-order valence-electron chi connectivity index (χ3n) is 3.02. The summed E-state index contributed by atoms with van der Waals surface area (Å²) >= 11 is 0. The zero-order valence-electron chi connectivity index (χ0n) is 13.7. The highest BCUT2D eigenvalue weighted by atomic mass is 16.5. The molecule has 0 saturated carbocycles. The molecule has 0 saturated heterocycles. The molecule has 0 heterocycles. The molecular weight excluding hydrogens is 250 g/mol. The van der Waals surface area contributed by atoms with E-state index in [1.165, 1.54) is 5.56 Å². The van der Waals surface area contributed by atoms with Gasteiger partial charge >= 0.3 is 0 Å². The Hall–Kier alpha value is -1.06. The lowest BCUT2D eigenvalue weighted by Gasteiger charge is -2.30. The van der Waals surface area contributed by atoms with Crippen molar-refractivity contribution in [2.24, 2.45) is 5.41 Å². The molecule has 0 spiro atoms. The first-order valence-electron chi connectivity index (χ1n) is 7.18. The van der Waals surface area contributed by atoms with Gasteiger partial charge in [0.2, 0.25) is 0 Å². The van der Waals surface area contributed by atoms with E-state index in [1.54, 1.807) is 7.11 Å². The quantitative estimate of drug-likeness (QED) is 0.827. The van der Waals surface area contributed by atoms with Gasteiger partial charge in [0.05, 0.1) is 20.3 Å². The zero-order valence-corrected chi connectivity index (χ0v) is 13.7. The summed E-state index contributed by atoms with van der Waals surface area (Å²) in [6, 6.07) is 8.01. The summed E-state index contributed by atoms with van der Waals surface area (Å²) < 4.78 is 11.0. The minimum absolute atomic E-state index is 0.125. The minimum atomic E-state index is 0.125. The molecule has 0 aliphatic rings. The summed E-state index contributed by atoms with van der Waals surface area (Å²) in [5.41, 5.74) is 1.44. The van der Waals surface area contributed by atoms with E-state index in [0.29, 0.717) is 6.61 Å². The molecular formula is C17H29NO2. The summed E-state index contributed by atoms with van der Waals surface area (Å²) in [4.78, 5) is 0. The smallest absolute Gasteiger partial charge is 0.118 e. The summed E-state index contributed by atoms with van der Waals surface area (Å²) in [7, 11) is 1.68. The van der Waals surface area contributed by atoms with Crippen molar-refractivity contribution >= 4 is 0 Å². The Kier molecular flexibility index (Phi) is 6.03. The van der Waals surface area contributed by atoms with E-state index in [9.17, 15) is 0 Å². The van der Waals surface area contributed by atoms with E-state index in [1.807, 2.05) is 24.3 Å². The number of nitrogens with one attached hydrogen (secondary N) is 1. The standard InChI is InChI=1S/C17H29NO2/c1-16(2,3)18-12-17(4,5)13-20-11-14-7-9-15(19-6)10-8-14/h7-10,18H,11-13H2,1-6H3. The Bertz CT molecular complexity index is 390. The first kappa shape index (κ1) is 17.0. The monoisotopic (exact) mass is 279 g/mol. The Morgan fingerprint density at radius 1 is 1.00 bits per heavy atom. The van der Waals surface area contributed by atoms with Crippen molar-refractivity contribution in [3.8, 4) is 5.75 Å². The number of benzene rings is 1. The lowest BCUT2D eigenvalue weighted by molar-refractivity contribution is 0.0483. The predicted molar refractivity (Wildman–Crippen MR) is 84.2 cm³/mol. The van der Waals surface area contributed by atoms with Crippen LogP contribution in [0.25, 0.3) is 0 Å². The lowest BCUT2D eigenvalue weighted by atomic mass is 9.93. The van der Waals surface area contributed by atoms with Crippen molar-refractivity contribution in [2.75, 3.05) is 20.3 Å². The fourth-order valence-corrected chi connectivity index (χ4v) is 1.72. The van der Waals surface area contributed by atoms with E-state index in [-0.39, 0.29) is 11.0 Å². The van der Waals surface area contributed by atoms with E-state index in [4.69, 9.17) is 9.47 Å². The van der Waals surface area contributed by atoms with Crippen molar-refractivity contribution in [1.29, 1.82) is 0 Å². The molecule has 3 nitrogen and oxygen atoms in total. The Morgan fingerprint density at radius 2 is 1.60 bits per heavy atom. The van der Waals surface area contributed by atoms with Crippen molar-refractivity contribution in [2.45, 2.75) is 46.8 Å². The van der Waals surface area contributed by atoms with E-state index < -0.39 is 0 Å². The highest BCUT2D eigenvalue weighted by Crippen LogP contribution is 2.18. The first-order valence-corrected chi connectivity index (χ1v) is 7.18. The zero-order chi connectivity index (χ0) is 15.2. The molecule has 0 amide bonds. The maximum absolute atomic E-state index is 5.84. The minimum Gasteiger partial charge on any atom is -0.497 e. The average molecular weight is 279 g/mol. The highest BCUT2D eigenvalue weighted by Gasteiger charge is 2.21. The van der Waals surface area contributed by atoms with Crippen LogP contribution in [0.3, 0.4) is 0 Å². The van der Waals surface area contributed by atoms with Crippen LogP contribution in [0.4, 0.5) is 0 Å². The molecule has 0 unspecified atom stereocenters. The van der Waals surface area contributed by atoms with Crippen LogP contribution in [0.1, 0.15) is 40.2 Å². The van der Waals surface area contributed by atoms with Crippen LogP contribution in [0.5, 0.6) is 5.75 Å². The number of ether oxygens (including phenoxy) is 2. The van der Waals surface area contributed by atoms with Crippen molar-refractivity contribution < 1.29 is 9.47 Å². The largest absolute Gasteiger partial charge is 0.497 e. The SMILES string of the molecule is COc1ccc(COCC(C)(C)CNC(C)(C)C)cc1. The van der Waals surface area contributed by atoms with Crippen LogP contribution in [-0.4, -0.2) is 25.8 Å². The molecule has 0 aliphatic carbocycles. The fraction of sp³-hybridized carbons (Fsp3) is 0.647. The summed E-state index contributed by atoms with van der Waals surface area (Å²) in [6.45, 7) is 13.3. The Balaban J connectivity index is 2.34. The van der Waals surface area contributed by atoms with Gasteiger partial charge in [0, 0.05) is 17.5 Å². The van der Waals surface area contributed by atoms with Crippen molar-refractivity contribution in [1.82, 2.24) is 5.32 Å². The molecule has 0 atom stereocenters. The van der Waals surface area contributed by atoms with Gasteiger partial charge in [-0.15, -0.1) is 0 Å². The molecule has 1 aromatic carbocycles. The van der Waals surface area contributed by atoms with Gasteiger partial charge in [-0.1, -0.05) is 26.0 Å². The van der Waals surface area contributed by atoms with Gasteiger partial charge in [0.1, 0.15) is 5.75 Å². The van der Waals surface area contributed by atoms with E-state index >= 15 is 0 Å². The molecule has 20 heavy (non-hydrogen) atoms. The van der Waals surface area contributed by atoms with E-state index in [2.05, 4.69) is 39.9 Å². The molecule has 1 aromatic rings. The maximum Gasteiger partial charge on any atom is 0.118 e. The second-order valence-corrected chi connectivity index (χ2v) is 7.11. The Labute approximate surface area is 123 Å². The normalized spacial score (nSPS) is 12.5. The molecule has 114 valence electrons. The lowest BCUT2D eigenvalue weighted by Crippen LogP contribution is -2.43. The van der Waals surface area contributed by atoms with Gasteiger partial charge in [0.25, 0.3) is 0 Å². The molecule has 0 radical (unpaired) electrons. The molecule has 0 bridgehead atoms. The summed E-state index contributed by atoms with van der Waals surface area (Å²) in [5.74, 6) is 0.878. The fourth-order valence-electron chi connectivity index (χ4n) is 1.72. The summed E-state index contributed by atoms with van der Waals surface area (Å²) in [6.07, 6.45) is 0. The van der Waals surface area contributed by atoms with Gasteiger partial charge in [-0.2, -0.15) is 0 Å². The van der Waals surface area contributed by atoms with Gasteiger partial charge in [0.15, 0.2) is 0 Å². The van der Waals surface area contributed by atoms with E-state index in [0.717, 1.165) is 18.9 Å². The molecule has 3 heteroatoms. The maximum atomic E-state index is 5.84. The molecule has 0 aromatic heterocycles. The molecule has 1 rings (SSSR count). The van der Waals surface area contributed by atoms with Gasteiger partial charge in [-0.05, 0) is 38.5 Å². The Morgan fingerprint density at radius 3 is 2.10 bits per heavy atom. The first-order chi connectivity index (χ1) is 9.22. The number of methoxy groups -OCH3 is 1. The number of hydrogen-bond acceptors (Lipinski definition) is 3. The van der Waals surface area contributed by atoms with Crippen LogP contribution >= 0.6 is 0 Å². The molecule has 0 aliphatic heterocycles. The van der Waals surface area contributed by atoms with Crippen molar-refractivity contribution in [3.63, 3.8) is 0 Å². The molecule has 1 N–H and O–H groups in total. The highest BCUT2D eigenvalue weighted by molar-refractivity contribution is 5.26. The summed E-state index contributed by atoms with van der Waals surface area (Å²) in [5, 5.41) is 3.53. The topological polar surface area (TPSA) is 30.5 Å². The third-order valence-corrected chi connectivity index (χ3v) is 3.02. The van der Waals surface area contributed by atoms with Crippen LogP contribution in [0.15, 0.2) is 24.3 Å².